The normalized spacial score (nSPS) is 11.3. The summed E-state index contributed by atoms with van der Waals surface area (Å²) in [4.78, 5) is 27.5. The second kappa shape index (κ2) is 9.68. The summed E-state index contributed by atoms with van der Waals surface area (Å²) in [5.41, 5.74) is 3.40. The van der Waals surface area contributed by atoms with Gasteiger partial charge in [0.25, 0.3) is 0 Å². The number of halogens is 1. The zero-order valence-electron chi connectivity index (χ0n) is 20.8. The van der Waals surface area contributed by atoms with Crippen LogP contribution in [0.25, 0.3) is 17.1 Å². The van der Waals surface area contributed by atoms with Crippen LogP contribution < -0.4 is 11.0 Å². The lowest BCUT2D eigenvalue weighted by Crippen LogP contribution is -2.27. The van der Waals surface area contributed by atoms with Crippen LogP contribution in [0.5, 0.6) is 0 Å². The molecule has 1 amide bonds. The first-order valence-electron chi connectivity index (χ1n) is 11.3. The molecule has 2 N–H and O–H groups in total. The number of H-pyrrole nitrogens is 1. The van der Waals surface area contributed by atoms with Gasteiger partial charge < -0.3 is 5.32 Å². The van der Waals surface area contributed by atoms with Gasteiger partial charge in [-0.1, -0.05) is 37.8 Å². The molecule has 0 aliphatic carbocycles. The smallest absolute Gasteiger partial charge is 0.348 e. The van der Waals surface area contributed by atoms with Crippen molar-refractivity contribution < 1.29 is 9.18 Å². The highest BCUT2D eigenvalue weighted by Gasteiger charge is 2.17. The lowest BCUT2D eigenvalue weighted by Gasteiger charge is -2.14. The summed E-state index contributed by atoms with van der Waals surface area (Å²) in [5.74, 6) is 5.60. The molecule has 7 heteroatoms. The van der Waals surface area contributed by atoms with Gasteiger partial charge in [-0.2, -0.15) is 4.68 Å². The highest BCUT2D eigenvalue weighted by atomic mass is 19.1. The van der Waals surface area contributed by atoms with E-state index < -0.39 is 11.5 Å². The van der Waals surface area contributed by atoms with E-state index in [4.69, 9.17) is 0 Å². The number of carbonyl (C=O) groups is 1. The van der Waals surface area contributed by atoms with Gasteiger partial charge in [0.2, 0.25) is 5.91 Å². The SMILES string of the molecule is Cc1ccc(CNC(=O)C(C)C)c(C)c1-c1nn(-c2ccc(C#CC(C)(C)C)c(F)c2)c(=O)[nH]1. The Morgan fingerprint density at radius 1 is 1.21 bits per heavy atom. The number of rotatable bonds is 5. The largest absolute Gasteiger partial charge is 0.352 e. The molecular weight excluding hydrogens is 431 g/mol. The number of hydrogen-bond donors (Lipinski definition) is 2. The lowest BCUT2D eigenvalue weighted by atomic mass is 9.97. The summed E-state index contributed by atoms with van der Waals surface area (Å²) in [6, 6.07) is 8.32. The Labute approximate surface area is 199 Å². The van der Waals surface area contributed by atoms with Gasteiger partial charge in [0.15, 0.2) is 5.82 Å². The molecule has 0 aliphatic heterocycles. The molecule has 1 aromatic heterocycles. The zero-order valence-corrected chi connectivity index (χ0v) is 20.8. The van der Waals surface area contributed by atoms with Crippen LogP contribution in [0, 0.1) is 42.8 Å². The molecular formula is C27H31FN4O2. The third kappa shape index (κ3) is 5.63. The molecule has 1 heterocycles. The standard InChI is InChI=1S/C27H31FN4O2/c1-16(2)25(33)29-15-20-9-8-17(3)23(18(20)4)24-30-26(34)32(31-24)21-11-10-19(22(28)14-21)12-13-27(5,6)7/h8-11,14,16H,15H2,1-7H3,(H,29,33)(H,30,31,34). The molecule has 6 nitrogen and oxygen atoms in total. The number of aryl methyl sites for hydroxylation is 1. The topological polar surface area (TPSA) is 79.8 Å². The van der Waals surface area contributed by atoms with Gasteiger partial charge in [-0.25, -0.2) is 9.18 Å². The molecule has 0 fully saturated rings. The fourth-order valence-corrected chi connectivity index (χ4v) is 3.44. The summed E-state index contributed by atoms with van der Waals surface area (Å²) in [7, 11) is 0. The third-order valence-electron chi connectivity index (χ3n) is 5.39. The van der Waals surface area contributed by atoms with Crippen LogP contribution in [-0.2, 0) is 11.3 Å². The molecule has 0 aliphatic rings. The fraction of sp³-hybridized carbons (Fsp3) is 0.370. The number of benzene rings is 2. The van der Waals surface area contributed by atoms with E-state index in [1.165, 1.54) is 6.07 Å². The number of nitrogens with zero attached hydrogens (tertiary/aromatic N) is 2. The fourth-order valence-electron chi connectivity index (χ4n) is 3.44. The van der Waals surface area contributed by atoms with Crippen LogP contribution >= 0.6 is 0 Å². The predicted molar refractivity (Wildman–Crippen MR) is 132 cm³/mol. The van der Waals surface area contributed by atoms with E-state index in [2.05, 4.69) is 27.2 Å². The minimum absolute atomic E-state index is 0.0307. The van der Waals surface area contributed by atoms with Crippen LogP contribution in [-0.4, -0.2) is 20.7 Å². The van der Waals surface area contributed by atoms with E-state index in [1.807, 2.05) is 60.6 Å². The van der Waals surface area contributed by atoms with Crippen LogP contribution in [0.4, 0.5) is 4.39 Å². The molecule has 0 saturated heterocycles. The van der Waals surface area contributed by atoms with Gasteiger partial charge in [0.05, 0.1) is 11.3 Å². The van der Waals surface area contributed by atoms with Gasteiger partial charge in [0.1, 0.15) is 5.82 Å². The monoisotopic (exact) mass is 462 g/mol. The van der Waals surface area contributed by atoms with Gasteiger partial charge in [0, 0.05) is 29.5 Å². The van der Waals surface area contributed by atoms with Crippen molar-refractivity contribution in [1.29, 1.82) is 0 Å². The maximum absolute atomic E-state index is 14.7. The Bertz CT molecular complexity index is 1350. The maximum Gasteiger partial charge on any atom is 0.348 e. The molecule has 34 heavy (non-hydrogen) atoms. The molecule has 0 radical (unpaired) electrons. The minimum Gasteiger partial charge on any atom is -0.352 e. The van der Waals surface area contributed by atoms with Crippen molar-refractivity contribution in [2.24, 2.45) is 11.3 Å². The molecule has 0 atom stereocenters. The molecule has 0 bridgehead atoms. The van der Waals surface area contributed by atoms with E-state index in [-0.39, 0.29) is 22.8 Å². The molecule has 0 spiro atoms. The average molecular weight is 463 g/mol. The van der Waals surface area contributed by atoms with Crippen LogP contribution in [0.3, 0.4) is 0 Å². The Balaban J connectivity index is 1.97. The molecule has 178 valence electrons. The summed E-state index contributed by atoms with van der Waals surface area (Å²) in [6.07, 6.45) is 0. The van der Waals surface area contributed by atoms with Gasteiger partial charge >= 0.3 is 5.69 Å². The zero-order chi connectivity index (χ0) is 25.2. The Kier molecular flexibility index (Phi) is 7.11. The number of aromatic nitrogens is 3. The molecule has 3 aromatic rings. The first-order valence-corrected chi connectivity index (χ1v) is 11.3. The van der Waals surface area contributed by atoms with Gasteiger partial charge in [-0.3, -0.25) is 9.78 Å². The summed E-state index contributed by atoms with van der Waals surface area (Å²) < 4.78 is 15.8. The summed E-state index contributed by atoms with van der Waals surface area (Å²) in [5, 5.41) is 7.37. The van der Waals surface area contributed by atoms with E-state index in [9.17, 15) is 14.0 Å². The molecule has 0 unspecified atom stereocenters. The number of aromatic amines is 1. The van der Waals surface area contributed by atoms with Crippen LogP contribution in [0.1, 0.15) is 56.9 Å². The number of nitrogens with one attached hydrogen (secondary N) is 2. The Morgan fingerprint density at radius 3 is 2.53 bits per heavy atom. The summed E-state index contributed by atoms with van der Waals surface area (Å²) >= 11 is 0. The third-order valence-corrected chi connectivity index (χ3v) is 5.39. The highest BCUT2D eigenvalue weighted by Crippen LogP contribution is 2.27. The predicted octanol–water partition coefficient (Wildman–Crippen LogP) is 4.65. The van der Waals surface area contributed by atoms with E-state index in [1.54, 1.807) is 12.1 Å². The Hall–Kier alpha value is -3.66. The first-order chi connectivity index (χ1) is 15.9. The minimum atomic E-state index is -0.513. The second-order valence-corrected chi connectivity index (χ2v) is 9.77. The molecule has 2 aromatic carbocycles. The van der Waals surface area contributed by atoms with Crippen molar-refractivity contribution in [3.05, 3.63) is 68.9 Å². The first kappa shape index (κ1) is 25.0. The van der Waals surface area contributed by atoms with E-state index >= 15 is 0 Å². The molecule has 0 saturated carbocycles. The quantitative estimate of drug-likeness (QED) is 0.542. The van der Waals surface area contributed by atoms with Crippen molar-refractivity contribution in [2.75, 3.05) is 0 Å². The lowest BCUT2D eigenvalue weighted by molar-refractivity contribution is -0.124. The maximum atomic E-state index is 14.7. The van der Waals surface area contributed by atoms with Crippen LogP contribution in [0.15, 0.2) is 35.1 Å². The average Bonchev–Trinajstić information content (AvgIpc) is 3.12. The van der Waals surface area contributed by atoms with Crippen LogP contribution in [0.2, 0.25) is 0 Å². The molecule has 3 rings (SSSR count). The van der Waals surface area contributed by atoms with Crippen molar-refractivity contribution in [3.63, 3.8) is 0 Å². The van der Waals surface area contributed by atoms with Crippen molar-refractivity contribution >= 4 is 5.91 Å². The van der Waals surface area contributed by atoms with E-state index in [0.717, 1.165) is 26.9 Å². The van der Waals surface area contributed by atoms with Gasteiger partial charge in [-0.15, -0.1) is 5.10 Å². The second-order valence-electron chi connectivity index (χ2n) is 9.77. The van der Waals surface area contributed by atoms with E-state index in [0.29, 0.717) is 18.1 Å². The van der Waals surface area contributed by atoms with Crippen molar-refractivity contribution in [1.82, 2.24) is 20.1 Å². The summed E-state index contributed by atoms with van der Waals surface area (Å²) in [6.45, 7) is 13.8. The van der Waals surface area contributed by atoms with Crippen molar-refractivity contribution in [2.45, 2.75) is 55.0 Å². The highest BCUT2D eigenvalue weighted by molar-refractivity contribution is 5.78. The number of carbonyl (C=O) groups excluding carboxylic acids is 1. The number of amides is 1. The van der Waals surface area contributed by atoms with Crippen molar-refractivity contribution in [3.8, 4) is 28.9 Å². The van der Waals surface area contributed by atoms with Gasteiger partial charge in [-0.05, 0) is 63.4 Å². The Morgan fingerprint density at radius 2 is 1.91 bits per heavy atom. The number of hydrogen-bond acceptors (Lipinski definition) is 3.